The first-order chi connectivity index (χ1) is 22.8. The molecular weight excluding hydrogens is 616 g/mol. The van der Waals surface area contributed by atoms with E-state index in [-0.39, 0.29) is 25.6 Å². The van der Waals surface area contributed by atoms with Gasteiger partial charge in [0.25, 0.3) is 0 Å². The number of anilines is 1. The van der Waals surface area contributed by atoms with Gasteiger partial charge in [0, 0.05) is 24.9 Å². The standard InChI is InChI=1S/C36H50N4O8/c1-23(2)25-9-12-27(13-10-25)36(21-39(22-36)33(44)46-35(3,4)5)47-34(45)48-40(30(16-18-41)32(42)43)29-19-24(20-29)8-14-28-15-11-26-7-6-17-37-31(26)38-28/h9-13,15,23-24,29-30,41H,6-8,14,16-22H2,1-5H3,(H,37,38)(H,42,43)/t24?,29?,30-/m0/s1. The van der Waals surface area contributed by atoms with Gasteiger partial charge in [-0.15, -0.1) is 5.06 Å². The molecule has 0 unspecified atom stereocenters. The number of hydrogen-bond acceptors (Lipinski definition) is 10. The van der Waals surface area contributed by atoms with Crippen molar-refractivity contribution in [1.29, 1.82) is 0 Å². The van der Waals surface area contributed by atoms with Crippen LogP contribution in [0.5, 0.6) is 0 Å². The van der Waals surface area contributed by atoms with Gasteiger partial charge < -0.3 is 29.8 Å². The maximum atomic E-state index is 13.5. The maximum absolute atomic E-state index is 13.5. The summed E-state index contributed by atoms with van der Waals surface area (Å²) in [5.74, 6) is 0.355. The van der Waals surface area contributed by atoms with Gasteiger partial charge in [0.15, 0.2) is 5.60 Å². The molecule has 2 aromatic rings. The second-order valence-corrected chi connectivity index (χ2v) is 14.6. The van der Waals surface area contributed by atoms with Crippen LogP contribution in [0.15, 0.2) is 36.4 Å². The molecule has 0 radical (unpaired) electrons. The highest BCUT2D eigenvalue weighted by molar-refractivity contribution is 5.74. The summed E-state index contributed by atoms with van der Waals surface area (Å²) >= 11 is 0. The van der Waals surface area contributed by atoms with Gasteiger partial charge in [-0.25, -0.2) is 14.6 Å². The van der Waals surface area contributed by atoms with E-state index in [4.69, 9.17) is 19.3 Å². The third-order valence-electron chi connectivity index (χ3n) is 9.43. The van der Waals surface area contributed by atoms with Crippen LogP contribution in [0, 0.1) is 5.92 Å². The van der Waals surface area contributed by atoms with Crippen molar-refractivity contribution in [3.8, 4) is 0 Å². The number of aryl methyl sites for hydroxylation is 2. The largest absolute Gasteiger partial charge is 0.528 e. The van der Waals surface area contributed by atoms with Gasteiger partial charge >= 0.3 is 18.2 Å². The third-order valence-corrected chi connectivity index (χ3v) is 9.43. The number of fused-ring (bicyclic) bond motifs is 1. The Morgan fingerprint density at radius 1 is 1.10 bits per heavy atom. The number of hydrogen-bond donors (Lipinski definition) is 3. The topological polar surface area (TPSA) is 151 Å². The number of nitrogens with zero attached hydrogens (tertiary/aromatic N) is 3. The van der Waals surface area contributed by atoms with Crippen LogP contribution >= 0.6 is 0 Å². The summed E-state index contributed by atoms with van der Waals surface area (Å²) in [5.41, 5.74) is 2.16. The molecule has 3 heterocycles. The number of carbonyl (C=O) groups is 3. The summed E-state index contributed by atoms with van der Waals surface area (Å²) in [7, 11) is 0. The average molecular weight is 667 g/mol. The number of benzene rings is 1. The molecule has 1 aromatic carbocycles. The van der Waals surface area contributed by atoms with Crippen LogP contribution < -0.4 is 5.32 Å². The van der Waals surface area contributed by atoms with E-state index in [9.17, 15) is 24.6 Å². The minimum absolute atomic E-state index is 0.0504. The van der Waals surface area contributed by atoms with Gasteiger partial charge in [0.05, 0.1) is 13.1 Å². The number of aromatic nitrogens is 1. The molecule has 262 valence electrons. The number of amides is 1. The Kier molecular flexibility index (Phi) is 10.8. The van der Waals surface area contributed by atoms with Gasteiger partial charge in [-0.05, 0) is 100 Å². The second-order valence-electron chi connectivity index (χ2n) is 14.6. The van der Waals surface area contributed by atoms with E-state index in [1.807, 2.05) is 24.3 Å². The van der Waals surface area contributed by atoms with E-state index in [0.29, 0.717) is 30.2 Å². The van der Waals surface area contributed by atoms with E-state index in [0.717, 1.165) is 49.3 Å². The number of likely N-dealkylation sites (tertiary alicyclic amines) is 1. The van der Waals surface area contributed by atoms with Gasteiger partial charge in [0.1, 0.15) is 17.5 Å². The van der Waals surface area contributed by atoms with Crippen molar-refractivity contribution in [3.63, 3.8) is 0 Å². The minimum Gasteiger partial charge on any atom is -0.480 e. The molecule has 2 aliphatic heterocycles. The molecule has 2 fully saturated rings. The summed E-state index contributed by atoms with van der Waals surface area (Å²) < 4.78 is 11.5. The number of hydroxylamine groups is 2. The second kappa shape index (κ2) is 14.7. The molecule has 1 atom stereocenters. The van der Waals surface area contributed by atoms with Crippen molar-refractivity contribution in [2.45, 2.75) is 109 Å². The number of carboxylic acids is 1. The summed E-state index contributed by atoms with van der Waals surface area (Å²) in [6, 6.07) is 10.3. The maximum Gasteiger partial charge on any atom is 0.528 e. The first-order valence-electron chi connectivity index (χ1n) is 17.1. The van der Waals surface area contributed by atoms with E-state index < -0.39 is 42.1 Å². The molecule has 5 rings (SSSR count). The van der Waals surface area contributed by atoms with Crippen LogP contribution in [0.2, 0.25) is 0 Å². The van der Waals surface area contributed by atoms with Crippen LogP contribution in [-0.2, 0) is 37.5 Å². The highest BCUT2D eigenvalue weighted by Gasteiger charge is 2.52. The minimum atomic E-state index is -1.25. The molecule has 3 aliphatic rings. The SMILES string of the molecule is CC(C)c1ccc(C2(OC(=O)ON(C3CC(CCc4ccc5c(n4)NCCC5)C3)[C@@H](CCO)C(=O)O)CN(C(=O)OC(C)(C)C)C2)cc1. The zero-order valence-electron chi connectivity index (χ0n) is 28.7. The molecular formula is C36H50N4O8. The van der Waals surface area contributed by atoms with Crippen molar-refractivity contribution >= 4 is 24.0 Å². The number of rotatable bonds is 12. The number of aliphatic hydroxyl groups excluding tert-OH is 1. The third kappa shape index (κ3) is 8.38. The fourth-order valence-corrected chi connectivity index (χ4v) is 6.65. The zero-order chi connectivity index (χ0) is 34.6. The Labute approximate surface area is 282 Å². The van der Waals surface area contributed by atoms with Crippen molar-refractivity contribution < 1.29 is 38.9 Å². The van der Waals surface area contributed by atoms with Gasteiger partial charge in [-0.1, -0.05) is 44.2 Å². The molecule has 1 aliphatic carbocycles. The van der Waals surface area contributed by atoms with Crippen molar-refractivity contribution in [2.24, 2.45) is 5.92 Å². The van der Waals surface area contributed by atoms with Gasteiger partial charge in [0.2, 0.25) is 0 Å². The summed E-state index contributed by atoms with van der Waals surface area (Å²) in [6.45, 7) is 10.1. The molecule has 0 bridgehead atoms. The number of ether oxygens (including phenoxy) is 2. The molecule has 1 aromatic heterocycles. The number of pyridine rings is 1. The predicted octanol–water partition coefficient (Wildman–Crippen LogP) is 5.63. The monoisotopic (exact) mass is 666 g/mol. The molecule has 12 nitrogen and oxygen atoms in total. The molecule has 12 heteroatoms. The fourth-order valence-electron chi connectivity index (χ4n) is 6.65. The Hall–Kier alpha value is -3.90. The Bertz CT molecular complexity index is 1440. The van der Waals surface area contributed by atoms with Crippen molar-refractivity contribution in [1.82, 2.24) is 14.9 Å². The summed E-state index contributed by atoms with van der Waals surface area (Å²) in [6.07, 6.45) is 3.34. The first kappa shape index (κ1) is 35.4. The highest BCUT2D eigenvalue weighted by Crippen LogP contribution is 2.40. The lowest BCUT2D eigenvalue weighted by atomic mass is 9.76. The summed E-state index contributed by atoms with van der Waals surface area (Å²) in [4.78, 5) is 50.6. The molecule has 1 saturated carbocycles. The van der Waals surface area contributed by atoms with E-state index >= 15 is 0 Å². The Morgan fingerprint density at radius 3 is 2.44 bits per heavy atom. The van der Waals surface area contributed by atoms with Crippen LogP contribution in [-0.4, -0.2) is 87.3 Å². The normalized spacial score (nSPS) is 20.5. The fraction of sp³-hybridized carbons (Fsp3) is 0.611. The van der Waals surface area contributed by atoms with Gasteiger partial charge in [-0.3, -0.25) is 9.69 Å². The molecule has 0 spiro atoms. The van der Waals surface area contributed by atoms with Gasteiger partial charge in [-0.2, -0.15) is 0 Å². The number of aliphatic hydroxyl groups is 1. The molecule has 1 saturated heterocycles. The number of carboxylic acid groups (broad SMARTS) is 1. The van der Waals surface area contributed by atoms with Crippen LogP contribution in [0.1, 0.15) is 95.0 Å². The van der Waals surface area contributed by atoms with Crippen molar-refractivity contribution in [3.05, 3.63) is 58.8 Å². The molecule has 48 heavy (non-hydrogen) atoms. The predicted molar refractivity (Wildman–Crippen MR) is 178 cm³/mol. The smallest absolute Gasteiger partial charge is 0.480 e. The van der Waals surface area contributed by atoms with Crippen LogP contribution in [0.25, 0.3) is 0 Å². The molecule has 1 amide bonds. The quantitative estimate of drug-likeness (QED) is 0.191. The highest BCUT2D eigenvalue weighted by atomic mass is 16.8. The van der Waals surface area contributed by atoms with E-state index in [1.165, 1.54) is 15.5 Å². The number of aliphatic carboxylic acids is 1. The molecule has 3 N–H and O–H groups in total. The van der Waals surface area contributed by atoms with E-state index in [1.54, 1.807) is 20.8 Å². The van der Waals surface area contributed by atoms with Crippen molar-refractivity contribution in [2.75, 3.05) is 31.6 Å². The Balaban J connectivity index is 1.26. The number of nitrogens with one attached hydrogen (secondary N) is 1. The first-order valence-corrected chi connectivity index (χ1v) is 17.1. The van der Waals surface area contributed by atoms with Crippen LogP contribution in [0.4, 0.5) is 15.4 Å². The number of carbonyl (C=O) groups excluding carboxylic acids is 2. The average Bonchev–Trinajstić information content (AvgIpc) is 2.99. The van der Waals surface area contributed by atoms with E-state index in [2.05, 4.69) is 31.3 Å². The van der Waals surface area contributed by atoms with Crippen LogP contribution in [0.3, 0.4) is 0 Å². The Morgan fingerprint density at radius 2 is 1.81 bits per heavy atom. The lowest BCUT2D eigenvalue weighted by Crippen LogP contribution is -2.64. The zero-order valence-corrected chi connectivity index (χ0v) is 28.7. The summed E-state index contributed by atoms with van der Waals surface area (Å²) in [5, 5.41) is 24.3. The lowest BCUT2D eigenvalue weighted by Gasteiger charge is -2.49. The lowest BCUT2D eigenvalue weighted by molar-refractivity contribution is -0.229.